The van der Waals surface area contributed by atoms with E-state index in [0.29, 0.717) is 0 Å². The normalized spacial score (nSPS) is 11.8. The van der Waals surface area contributed by atoms with Crippen LogP contribution in [0.1, 0.15) is 22.8 Å². The Morgan fingerprint density at radius 1 is 0.286 bits per heavy atom. The standard InChI is InChI=1S/C44H30N4.BrH/c1-5-13-29(14-6-1)41-33-21-23-35(45-33)42(30-15-7-2-8-16-30)37-25-27-39(47-37)44(32-19-11-4-12-20-32)40-28-26-38(48-40)43(31-17-9-3-10-18-31)36-24-22-34(41)46-36;/h1-28,45,48H;1H. The van der Waals surface area contributed by atoms with Crippen molar-refractivity contribution in [3.05, 3.63) is 168 Å². The average Bonchev–Trinajstić information content (AvgIpc) is 3.98. The highest BCUT2D eigenvalue weighted by Gasteiger charge is 2.18. The molecule has 4 nitrogen and oxygen atoms in total. The van der Waals surface area contributed by atoms with Gasteiger partial charge in [0, 0.05) is 44.3 Å². The molecule has 4 aromatic carbocycles. The van der Waals surface area contributed by atoms with Gasteiger partial charge in [0.05, 0.1) is 22.8 Å². The van der Waals surface area contributed by atoms with Crippen molar-refractivity contribution < 1.29 is 0 Å². The van der Waals surface area contributed by atoms with E-state index >= 15 is 0 Å². The summed E-state index contributed by atoms with van der Waals surface area (Å²) in [6.45, 7) is 0. The van der Waals surface area contributed by atoms with Crippen LogP contribution >= 0.6 is 17.0 Å². The first kappa shape index (κ1) is 30.3. The van der Waals surface area contributed by atoms with Crippen molar-refractivity contribution in [2.45, 2.75) is 0 Å². The van der Waals surface area contributed by atoms with E-state index < -0.39 is 0 Å². The molecule has 0 atom stereocenters. The molecule has 0 fully saturated rings. The molecule has 0 spiro atoms. The summed E-state index contributed by atoms with van der Waals surface area (Å²) < 4.78 is 0. The van der Waals surface area contributed by atoms with Crippen molar-refractivity contribution in [2.75, 3.05) is 0 Å². The highest BCUT2D eigenvalue weighted by atomic mass is 79.9. The number of fused-ring (bicyclic) bond motifs is 8. The lowest BCUT2D eigenvalue weighted by Crippen LogP contribution is -1.89. The predicted octanol–water partition coefficient (Wildman–Crippen LogP) is 11.9. The lowest BCUT2D eigenvalue weighted by atomic mass is 10.0. The van der Waals surface area contributed by atoms with Gasteiger partial charge in [0.2, 0.25) is 0 Å². The van der Waals surface area contributed by atoms with Gasteiger partial charge in [0.15, 0.2) is 0 Å². The van der Waals surface area contributed by atoms with Gasteiger partial charge in [0.1, 0.15) is 0 Å². The zero-order valence-electron chi connectivity index (χ0n) is 26.5. The molecule has 0 aliphatic carbocycles. The topological polar surface area (TPSA) is 57.4 Å². The third-order valence-corrected chi connectivity index (χ3v) is 9.00. The highest BCUT2D eigenvalue weighted by molar-refractivity contribution is 8.93. The molecule has 49 heavy (non-hydrogen) atoms. The molecule has 5 heterocycles. The fraction of sp³-hybridized carbons (Fsp3) is 0. The monoisotopic (exact) mass is 694 g/mol. The molecular formula is C44H31BrN4. The summed E-state index contributed by atoms with van der Waals surface area (Å²) >= 11 is 0. The molecule has 0 amide bonds. The number of H-pyrrole nitrogens is 2. The first-order chi connectivity index (χ1) is 23.8. The Balaban J connectivity index is 0.00000348. The number of benzene rings is 4. The molecule has 0 unspecified atom stereocenters. The molecule has 234 valence electrons. The lowest BCUT2D eigenvalue weighted by molar-refractivity contribution is 1.31. The summed E-state index contributed by atoms with van der Waals surface area (Å²) in [5, 5.41) is 0. The first-order valence-electron chi connectivity index (χ1n) is 16.2. The van der Waals surface area contributed by atoms with Crippen LogP contribution in [0.5, 0.6) is 0 Å². The third kappa shape index (κ3) is 5.54. The summed E-state index contributed by atoms with van der Waals surface area (Å²) in [7, 11) is 0. The maximum Gasteiger partial charge on any atom is 0.0737 e. The van der Waals surface area contributed by atoms with Gasteiger partial charge in [-0.05, 0) is 70.8 Å². The molecular weight excluding hydrogens is 664 g/mol. The SMILES string of the molecule is Br.C1=Cc2nc1c(-c1ccccc1)c1ccc([nH]1)c(-c1ccccc1)c1nc(c(-c3ccccc3)c3ccc([nH]3)c2-c2ccccc2)C=C1. The van der Waals surface area contributed by atoms with Gasteiger partial charge >= 0.3 is 0 Å². The van der Waals surface area contributed by atoms with Crippen molar-refractivity contribution in [3.63, 3.8) is 0 Å². The molecule has 2 aliphatic heterocycles. The maximum absolute atomic E-state index is 5.35. The van der Waals surface area contributed by atoms with Crippen LogP contribution in [-0.2, 0) is 0 Å². The van der Waals surface area contributed by atoms with Crippen LogP contribution in [0.2, 0.25) is 0 Å². The van der Waals surface area contributed by atoms with Crippen molar-refractivity contribution >= 4 is 63.4 Å². The molecule has 0 radical (unpaired) electrons. The Bertz CT molecular complexity index is 2180. The van der Waals surface area contributed by atoms with Gasteiger partial charge in [-0.1, -0.05) is 121 Å². The fourth-order valence-corrected chi connectivity index (χ4v) is 6.84. The Labute approximate surface area is 295 Å². The number of hydrogen-bond acceptors (Lipinski definition) is 2. The molecule has 3 aromatic heterocycles. The quantitative estimate of drug-likeness (QED) is 0.193. The lowest BCUT2D eigenvalue weighted by Gasteiger charge is -2.07. The second-order valence-electron chi connectivity index (χ2n) is 12.0. The minimum atomic E-state index is 0. The fourth-order valence-electron chi connectivity index (χ4n) is 6.84. The summed E-state index contributed by atoms with van der Waals surface area (Å²) in [6.07, 6.45) is 8.54. The van der Waals surface area contributed by atoms with Crippen LogP contribution in [-0.4, -0.2) is 19.9 Å². The number of nitrogens with one attached hydrogen (secondary N) is 2. The molecule has 5 heteroatoms. The molecule has 8 bridgehead atoms. The van der Waals surface area contributed by atoms with Gasteiger partial charge in [-0.25, -0.2) is 9.97 Å². The van der Waals surface area contributed by atoms with Crippen LogP contribution in [0.25, 0.3) is 90.9 Å². The summed E-state index contributed by atoms with van der Waals surface area (Å²) in [6, 6.07) is 50.7. The van der Waals surface area contributed by atoms with E-state index in [4.69, 9.17) is 9.97 Å². The molecule has 0 saturated carbocycles. The van der Waals surface area contributed by atoms with Gasteiger partial charge in [-0.2, -0.15) is 0 Å². The zero-order valence-corrected chi connectivity index (χ0v) is 28.2. The van der Waals surface area contributed by atoms with Gasteiger partial charge < -0.3 is 9.97 Å². The minimum Gasteiger partial charge on any atom is -0.354 e. The molecule has 2 aliphatic rings. The Morgan fingerprint density at radius 2 is 0.510 bits per heavy atom. The van der Waals surface area contributed by atoms with Gasteiger partial charge in [-0.3, -0.25) is 0 Å². The minimum absolute atomic E-state index is 0. The number of nitrogens with zero attached hydrogens (tertiary/aromatic N) is 2. The van der Waals surface area contributed by atoms with E-state index in [1.807, 2.05) is 24.3 Å². The summed E-state index contributed by atoms with van der Waals surface area (Å²) in [5.74, 6) is 0. The van der Waals surface area contributed by atoms with Crippen LogP contribution in [0.4, 0.5) is 0 Å². The Morgan fingerprint density at radius 3 is 0.735 bits per heavy atom. The first-order valence-corrected chi connectivity index (χ1v) is 16.2. The van der Waals surface area contributed by atoms with Crippen LogP contribution in [0, 0.1) is 0 Å². The smallest absolute Gasteiger partial charge is 0.0737 e. The molecule has 9 rings (SSSR count). The number of aromatic amines is 2. The summed E-state index contributed by atoms with van der Waals surface area (Å²) in [5.41, 5.74) is 16.2. The van der Waals surface area contributed by atoms with Crippen LogP contribution in [0.3, 0.4) is 0 Å². The number of halogens is 1. The van der Waals surface area contributed by atoms with Crippen molar-refractivity contribution in [1.82, 2.24) is 19.9 Å². The molecule has 2 N–H and O–H groups in total. The van der Waals surface area contributed by atoms with Crippen LogP contribution in [0.15, 0.2) is 146 Å². The van der Waals surface area contributed by atoms with Gasteiger partial charge in [0.25, 0.3) is 0 Å². The van der Waals surface area contributed by atoms with E-state index in [1.54, 1.807) is 0 Å². The van der Waals surface area contributed by atoms with E-state index in [-0.39, 0.29) is 17.0 Å². The Kier molecular flexibility index (Phi) is 7.96. The second kappa shape index (κ2) is 12.9. The average molecular weight is 696 g/mol. The summed E-state index contributed by atoms with van der Waals surface area (Å²) in [4.78, 5) is 18.3. The number of hydrogen-bond donors (Lipinski definition) is 2. The van der Waals surface area contributed by atoms with E-state index in [2.05, 4.69) is 156 Å². The van der Waals surface area contributed by atoms with Crippen molar-refractivity contribution in [3.8, 4) is 44.5 Å². The number of rotatable bonds is 4. The molecule has 0 saturated heterocycles. The van der Waals surface area contributed by atoms with Crippen molar-refractivity contribution in [1.29, 1.82) is 0 Å². The van der Waals surface area contributed by atoms with Crippen molar-refractivity contribution in [2.24, 2.45) is 0 Å². The predicted molar refractivity (Wildman–Crippen MR) is 211 cm³/mol. The van der Waals surface area contributed by atoms with Crippen LogP contribution < -0.4 is 0 Å². The zero-order chi connectivity index (χ0) is 31.9. The number of aromatic nitrogens is 4. The van der Waals surface area contributed by atoms with E-state index in [9.17, 15) is 0 Å². The second-order valence-corrected chi connectivity index (χ2v) is 12.0. The third-order valence-electron chi connectivity index (χ3n) is 9.00. The Hall–Kier alpha value is -6.04. The largest absolute Gasteiger partial charge is 0.354 e. The van der Waals surface area contributed by atoms with E-state index in [0.717, 1.165) is 89.4 Å². The van der Waals surface area contributed by atoms with E-state index in [1.165, 1.54) is 0 Å². The van der Waals surface area contributed by atoms with Gasteiger partial charge in [-0.15, -0.1) is 17.0 Å². The maximum atomic E-state index is 5.35. The highest BCUT2D eigenvalue weighted by Crippen LogP contribution is 2.38. The molecule has 7 aromatic rings.